The Bertz CT molecular complexity index is 1090. The number of carbonyl (C=O) groups excluding carboxylic acids is 1. The summed E-state index contributed by atoms with van der Waals surface area (Å²) in [5.41, 5.74) is -1.54. The summed E-state index contributed by atoms with van der Waals surface area (Å²) in [6.07, 6.45) is 1.56. The fourth-order valence-corrected chi connectivity index (χ4v) is 3.56. The van der Waals surface area contributed by atoms with Crippen molar-refractivity contribution in [3.05, 3.63) is 83.1 Å². The van der Waals surface area contributed by atoms with E-state index in [0.717, 1.165) is 6.07 Å². The van der Waals surface area contributed by atoms with Crippen molar-refractivity contribution in [2.24, 2.45) is 5.41 Å². The molecule has 0 spiro atoms. The number of ether oxygens (including phenoxy) is 2. The first-order valence-corrected chi connectivity index (χ1v) is 9.41. The van der Waals surface area contributed by atoms with Crippen LogP contribution in [0.15, 0.2) is 72.0 Å². The van der Waals surface area contributed by atoms with E-state index in [1.165, 1.54) is 47.4 Å². The third-order valence-corrected chi connectivity index (χ3v) is 5.28. The molecule has 9 heteroatoms. The Morgan fingerprint density at radius 1 is 1.39 bits per heavy atom. The van der Waals surface area contributed by atoms with Gasteiger partial charge in [0.25, 0.3) is 0 Å². The predicted octanol–water partition coefficient (Wildman–Crippen LogP) is 4.69. The third-order valence-electron chi connectivity index (χ3n) is 5.28. The molecule has 1 aliphatic carbocycles. The monoisotopic (exact) mass is 434 g/mol. The van der Waals surface area contributed by atoms with Crippen LogP contribution in [0.2, 0.25) is 0 Å². The molecule has 162 valence electrons. The molecule has 31 heavy (non-hydrogen) atoms. The molecule has 2 atom stereocenters. The summed E-state index contributed by atoms with van der Waals surface area (Å²) in [5, 5.41) is 3.94. The Kier molecular flexibility index (Phi) is 5.20. The van der Waals surface area contributed by atoms with Gasteiger partial charge in [-0.15, -0.1) is 0 Å². The lowest BCUT2D eigenvalue weighted by Crippen LogP contribution is -2.35. The van der Waals surface area contributed by atoms with Crippen LogP contribution in [0.3, 0.4) is 0 Å². The molecular weight excluding hydrogens is 416 g/mol. The summed E-state index contributed by atoms with van der Waals surface area (Å²) < 4.78 is 68.0. The van der Waals surface area contributed by atoms with E-state index < -0.39 is 29.9 Å². The van der Waals surface area contributed by atoms with Gasteiger partial charge in [-0.25, -0.2) is 9.07 Å². The van der Waals surface area contributed by atoms with E-state index in [0.29, 0.717) is 11.9 Å². The fourth-order valence-electron chi connectivity index (χ4n) is 3.56. The maximum Gasteiger partial charge on any atom is 0.416 e. The molecule has 1 aromatic carbocycles. The molecule has 2 aromatic rings. The minimum Gasteiger partial charge on any atom is -0.492 e. The highest BCUT2D eigenvalue weighted by Gasteiger charge is 2.43. The van der Waals surface area contributed by atoms with E-state index in [2.05, 4.69) is 5.10 Å². The minimum absolute atomic E-state index is 0.00195. The zero-order chi connectivity index (χ0) is 22.2. The van der Waals surface area contributed by atoms with Crippen molar-refractivity contribution in [3.8, 4) is 5.69 Å². The van der Waals surface area contributed by atoms with Gasteiger partial charge in [0.15, 0.2) is 0 Å². The number of carbonyl (C=O) groups is 1. The number of allylic oxidation sites excluding steroid dienone is 3. The first-order chi connectivity index (χ1) is 14.7. The highest BCUT2D eigenvalue weighted by atomic mass is 19.4. The van der Waals surface area contributed by atoms with E-state index in [1.54, 1.807) is 13.0 Å². The van der Waals surface area contributed by atoms with Crippen molar-refractivity contribution in [3.63, 3.8) is 0 Å². The molecule has 1 aliphatic heterocycles. The summed E-state index contributed by atoms with van der Waals surface area (Å²) in [6.45, 7) is 1.16. The lowest BCUT2D eigenvalue weighted by molar-refractivity contribution is -0.138. The van der Waals surface area contributed by atoms with Crippen molar-refractivity contribution in [2.75, 3.05) is 6.61 Å². The number of nitrogens with zero attached hydrogens (tertiary/aromatic N) is 2. The number of aromatic nitrogens is 2. The molecule has 5 nitrogen and oxygen atoms in total. The highest BCUT2D eigenvalue weighted by molar-refractivity contribution is 5.74. The van der Waals surface area contributed by atoms with Gasteiger partial charge in [0.05, 0.1) is 16.7 Å². The molecule has 0 amide bonds. The smallest absolute Gasteiger partial charge is 0.416 e. The topological polar surface area (TPSA) is 53.4 Å². The molecule has 2 heterocycles. The summed E-state index contributed by atoms with van der Waals surface area (Å²) in [5.74, 6) is 0.320. The Hall–Kier alpha value is -3.36. The van der Waals surface area contributed by atoms with E-state index in [1.807, 2.05) is 0 Å². The second kappa shape index (κ2) is 7.72. The van der Waals surface area contributed by atoms with E-state index >= 15 is 0 Å². The molecule has 4 rings (SSSR count). The lowest BCUT2D eigenvalue weighted by atomic mass is 9.77. The Morgan fingerprint density at radius 3 is 2.87 bits per heavy atom. The zero-order valence-electron chi connectivity index (χ0n) is 16.4. The largest absolute Gasteiger partial charge is 0.492 e. The predicted molar refractivity (Wildman–Crippen MR) is 103 cm³/mol. The SMILES string of the molecule is CC12C=C(C=O)COC1=CC(OCc1ccc(-n3cccn3)cc1C(F)(F)F)=CC2F. The lowest BCUT2D eigenvalue weighted by Gasteiger charge is -2.37. The average Bonchev–Trinajstić information content (AvgIpc) is 3.27. The van der Waals surface area contributed by atoms with Gasteiger partial charge in [-0.2, -0.15) is 18.3 Å². The Balaban J connectivity index is 1.57. The van der Waals surface area contributed by atoms with Crippen LogP contribution in [0, 0.1) is 5.41 Å². The number of aldehydes is 1. The second-order valence-corrected chi connectivity index (χ2v) is 7.47. The number of hydrogen-bond acceptors (Lipinski definition) is 4. The van der Waals surface area contributed by atoms with Crippen molar-refractivity contribution in [1.29, 1.82) is 0 Å². The first kappa shape index (κ1) is 20.9. The van der Waals surface area contributed by atoms with E-state index in [4.69, 9.17) is 9.47 Å². The van der Waals surface area contributed by atoms with Gasteiger partial charge in [0.1, 0.15) is 37.2 Å². The molecule has 0 saturated heterocycles. The summed E-state index contributed by atoms with van der Waals surface area (Å²) in [6, 6.07) is 5.41. The normalized spacial score (nSPS) is 23.1. The fraction of sp³-hybridized carbons (Fsp3) is 0.273. The standard InChI is InChI=1S/C22H18F4N2O3/c1-21-10-14(11-29)12-31-20(21)9-17(8-19(21)23)30-13-15-3-4-16(28-6-2-5-27-28)7-18(15)22(24,25)26/h2-11,19H,12-13H2,1H3. The number of benzene rings is 1. The van der Waals surface area contributed by atoms with Crippen LogP contribution >= 0.6 is 0 Å². The molecule has 0 fully saturated rings. The van der Waals surface area contributed by atoms with E-state index in [-0.39, 0.29) is 29.4 Å². The van der Waals surface area contributed by atoms with Gasteiger partial charge in [-0.05, 0) is 31.2 Å². The van der Waals surface area contributed by atoms with Crippen LogP contribution in [0.1, 0.15) is 18.1 Å². The average molecular weight is 434 g/mol. The van der Waals surface area contributed by atoms with Crippen LogP contribution in [0.25, 0.3) is 5.69 Å². The molecular formula is C22H18F4N2O3. The van der Waals surface area contributed by atoms with Crippen molar-refractivity contribution < 1.29 is 31.8 Å². The summed E-state index contributed by atoms with van der Waals surface area (Å²) in [4.78, 5) is 11.0. The number of halogens is 4. The van der Waals surface area contributed by atoms with Gasteiger partial charge in [-0.1, -0.05) is 12.1 Å². The van der Waals surface area contributed by atoms with Crippen LogP contribution in [-0.2, 0) is 27.1 Å². The number of rotatable bonds is 5. The van der Waals surface area contributed by atoms with Gasteiger partial charge < -0.3 is 9.47 Å². The molecule has 1 aromatic heterocycles. The van der Waals surface area contributed by atoms with Gasteiger partial charge >= 0.3 is 6.18 Å². The molecule has 2 aliphatic rings. The number of fused-ring (bicyclic) bond motifs is 1. The van der Waals surface area contributed by atoms with Gasteiger partial charge in [0.2, 0.25) is 0 Å². The summed E-state index contributed by atoms with van der Waals surface area (Å²) >= 11 is 0. The van der Waals surface area contributed by atoms with Gasteiger partial charge in [-0.3, -0.25) is 4.79 Å². The van der Waals surface area contributed by atoms with E-state index in [9.17, 15) is 22.4 Å². The van der Waals surface area contributed by atoms with Crippen molar-refractivity contribution >= 4 is 6.29 Å². The number of alkyl halides is 4. The molecule has 0 N–H and O–H groups in total. The number of hydrogen-bond donors (Lipinski definition) is 0. The quantitative estimate of drug-likeness (QED) is 0.506. The molecule has 0 saturated carbocycles. The molecule has 2 unspecified atom stereocenters. The minimum atomic E-state index is -4.61. The Morgan fingerprint density at radius 2 is 2.19 bits per heavy atom. The highest BCUT2D eigenvalue weighted by Crippen LogP contribution is 2.44. The third kappa shape index (κ3) is 3.99. The van der Waals surface area contributed by atoms with Crippen LogP contribution in [-0.4, -0.2) is 28.8 Å². The zero-order valence-corrected chi connectivity index (χ0v) is 16.4. The summed E-state index contributed by atoms with van der Waals surface area (Å²) in [7, 11) is 0. The van der Waals surface area contributed by atoms with Crippen molar-refractivity contribution in [1.82, 2.24) is 9.78 Å². The van der Waals surface area contributed by atoms with Gasteiger partial charge in [0, 0.05) is 29.6 Å². The maximum atomic E-state index is 14.8. The van der Waals surface area contributed by atoms with Crippen molar-refractivity contribution in [2.45, 2.75) is 25.9 Å². The van der Waals surface area contributed by atoms with Crippen LogP contribution in [0.4, 0.5) is 17.6 Å². The maximum absolute atomic E-state index is 14.8. The first-order valence-electron chi connectivity index (χ1n) is 9.41. The second-order valence-electron chi connectivity index (χ2n) is 7.47. The van der Waals surface area contributed by atoms with Crippen LogP contribution in [0.5, 0.6) is 0 Å². The molecule has 0 radical (unpaired) electrons. The molecule has 0 bridgehead atoms. The Labute approximate surface area is 175 Å². The van der Waals surface area contributed by atoms with Crippen LogP contribution < -0.4 is 0 Å².